The number of aryl methyl sites for hydroxylation is 1. The normalized spacial score (nSPS) is 23.9. The molecule has 8 nitrogen and oxygen atoms in total. The number of nitrogens with one attached hydrogen (secondary N) is 1. The highest BCUT2D eigenvalue weighted by Crippen LogP contribution is 2.46. The molecule has 0 aromatic heterocycles. The molecular weight excluding hydrogens is 624 g/mol. The van der Waals surface area contributed by atoms with Crippen LogP contribution in [0.15, 0.2) is 61.2 Å². The number of methoxy groups -OCH3 is 1. The fraction of sp³-hybridized carbons (Fsp3) is 0.528. The Kier molecular flexibility index (Phi) is 11.2. The number of nitrogens with zero attached hydrogens (tertiary/aromatic N) is 1. The van der Waals surface area contributed by atoms with Crippen molar-refractivity contribution in [2.45, 2.75) is 75.9 Å². The summed E-state index contributed by atoms with van der Waals surface area (Å²) in [6.45, 7) is 7.62. The van der Waals surface area contributed by atoms with Crippen LogP contribution in [0.25, 0.3) is 0 Å². The molecule has 46 heavy (non-hydrogen) atoms. The first-order valence-electron chi connectivity index (χ1n) is 16.4. The molecular formula is C36H47ClN2O6S. The molecule has 1 saturated carbocycles. The fourth-order valence-electron chi connectivity index (χ4n) is 7.21. The Hall–Kier alpha value is -2.85. The molecule has 3 aliphatic rings. The number of fused-ring (bicyclic) bond motifs is 3. The van der Waals surface area contributed by atoms with Crippen LogP contribution in [0.2, 0.25) is 5.02 Å². The summed E-state index contributed by atoms with van der Waals surface area (Å²) in [7, 11) is -2.42. The number of carbonyl (C=O) groups is 1. The molecule has 2 aromatic carbocycles. The lowest BCUT2D eigenvalue weighted by atomic mass is 9.68. The second kappa shape index (κ2) is 14.9. The number of ether oxygens (including phenoxy) is 2. The minimum Gasteiger partial charge on any atom is -0.490 e. The van der Waals surface area contributed by atoms with Gasteiger partial charge in [0.05, 0.1) is 30.3 Å². The summed E-state index contributed by atoms with van der Waals surface area (Å²) in [5, 5.41) is 11.7. The van der Waals surface area contributed by atoms with Gasteiger partial charge in [0.25, 0.3) is 5.91 Å². The van der Waals surface area contributed by atoms with E-state index in [1.165, 1.54) is 24.3 Å². The lowest BCUT2D eigenvalue weighted by molar-refractivity contribution is 0.0456. The fourth-order valence-corrected chi connectivity index (χ4v) is 8.45. The zero-order chi connectivity index (χ0) is 32.9. The van der Waals surface area contributed by atoms with Gasteiger partial charge in [-0.25, -0.2) is 13.1 Å². The molecule has 10 heteroatoms. The van der Waals surface area contributed by atoms with Gasteiger partial charge in [-0.2, -0.15) is 0 Å². The first kappa shape index (κ1) is 34.5. The molecule has 2 aliphatic carbocycles. The number of hydrogen-bond donors (Lipinski definition) is 2. The maximum atomic E-state index is 13.3. The van der Waals surface area contributed by atoms with Gasteiger partial charge in [-0.3, -0.25) is 4.79 Å². The minimum absolute atomic E-state index is 0.150. The van der Waals surface area contributed by atoms with E-state index in [1.54, 1.807) is 18.2 Å². The summed E-state index contributed by atoms with van der Waals surface area (Å²) in [6, 6.07) is 11.3. The van der Waals surface area contributed by atoms with Crippen LogP contribution >= 0.6 is 11.6 Å². The standard InChI is InChI=1S/C36H47ClN2O6S/c1-4-6-7-10-33(40)30-14-11-27(30)22-39-23-36(18-8-9-25-20-28(37)13-15-31(25)36)24-45-34-16-12-26(21-32(34)39)35(41)38-46(42,43)19-17-29(5-2)44-3/h5,7,10,12-13,15-16,20-21,27,29-30,33,40H,2,4,6,8-9,11,14,17-19,22-24H2,1,3H3,(H,38,41)/b10-7+/t27-,29+,30+,33-,36-/m0/s1. The monoisotopic (exact) mass is 670 g/mol. The third kappa shape index (κ3) is 7.81. The van der Waals surface area contributed by atoms with Crippen LogP contribution in [0, 0.1) is 11.8 Å². The lowest BCUT2D eigenvalue weighted by Crippen LogP contribution is -2.49. The molecule has 0 saturated heterocycles. The topological polar surface area (TPSA) is 105 Å². The summed E-state index contributed by atoms with van der Waals surface area (Å²) >= 11 is 6.40. The summed E-state index contributed by atoms with van der Waals surface area (Å²) in [4.78, 5) is 15.6. The van der Waals surface area contributed by atoms with Crippen molar-refractivity contribution in [1.82, 2.24) is 4.72 Å². The molecule has 2 aromatic rings. The molecule has 1 amide bonds. The Bertz CT molecular complexity index is 1540. The second-order valence-corrected chi connectivity index (χ2v) is 15.3. The zero-order valence-corrected chi connectivity index (χ0v) is 28.5. The van der Waals surface area contributed by atoms with Crippen molar-refractivity contribution in [3.63, 3.8) is 0 Å². The van der Waals surface area contributed by atoms with Crippen molar-refractivity contribution in [2.24, 2.45) is 11.8 Å². The molecule has 5 rings (SSSR count). The maximum Gasteiger partial charge on any atom is 0.264 e. The number of carbonyl (C=O) groups excluding carboxylic acids is 1. The SMILES string of the molecule is C=C[C@H](CCS(=O)(=O)NC(=O)c1ccc2c(c1)N(C[C@@H]1CC[C@H]1[C@@H](O)/C=C/CCC)C[C@@]1(CCCc3cc(Cl)ccc31)CO2)OC. The summed E-state index contributed by atoms with van der Waals surface area (Å²) in [6.07, 6.45) is 11.7. The van der Waals surface area contributed by atoms with Gasteiger partial charge in [0.15, 0.2) is 0 Å². The first-order chi connectivity index (χ1) is 22.1. The Morgan fingerprint density at radius 2 is 2.11 bits per heavy atom. The van der Waals surface area contributed by atoms with E-state index < -0.39 is 28.1 Å². The van der Waals surface area contributed by atoms with Crippen molar-refractivity contribution in [1.29, 1.82) is 0 Å². The van der Waals surface area contributed by atoms with Gasteiger partial charge in [0, 0.05) is 36.2 Å². The Labute approximate surface area is 278 Å². The second-order valence-electron chi connectivity index (χ2n) is 13.0. The van der Waals surface area contributed by atoms with Crippen LogP contribution in [-0.4, -0.2) is 64.2 Å². The van der Waals surface area contributed by atoms with Crippen molar-refractivity contribution in [3.05, 3.63) is 82.9 Å². The lowest BCUT2D eigenvalue weighted by Gasteiger charge is -2.45. The predicted molar refractivity (Wildman–Crippen MR) is 183 cm³/mol. The third-order valence-corrected chi connectivity index (χ3v) is 11.4. The number of aliphatic hydroxyl groups excluding tert-OH is 1. The molecule has 0 unspecified atom stereocenters. The molecule has 0 bridgehead atoms. The average molecular weight is 671 g/mol. The maximum absolute atomic E-state index is 13.3. The van der Waals surface area contributed by atoms with Crippen molar-refractivity contribution >= 4 is 33.2 Å². The van der Waals surface area contributed by atoms with Gasteiger partial charge in [0.2, 0.25) is 10.0 Å². The molecule has 1 spiro atoms. The van der Waals surface area contributed by atoms with Crippen LogP contribution in [0.1, 0.15) is 73.4 Å². The van der Waals surface area contributed by atoms with Crippen molar-refractivity contribution < 1.29 is 27.8 Å². The number of aliphatic hydroxyl groups is 1. The molecule has 1 aliphatic heterocycles. The number of unbranched alkanes of at least 4 members (excludes halogenated alkanes) is 1. The van der Waals surface area contributed by atoms with Crippen LogP contribution in [0.3, 0.4) is 0 Å². The van der Waals surface area contributed by atoms with Gasteiger partial charge in [-0.05, 0) is 98.2 Å². The van der Waals surface area contributed by atoms with E-state index in [0.717, 1.165) is 55.7 Å². The number of anilines is 1. The number of hydrogen-bond acceptors (Lipinski definition) is 7. The summed E-state index contributed by atoms with van der Waals surface area (Å²) < 4.78 is 39.6. The predicted octanol–water partition coefficient (Wildman–Crippen LogP) is 6.21. The molecule has 5 atom stereocenters. The molecule has 1 heterocycles. The smallest absolute Gasteiger partial charge is 0.264 e. The van der Waals surface area contributed by atoms with E-state index in [2.05, 4.69) is 41.3 Å². The summed E-state index contributed by atoms with van der Waals surface area (Å²) in [5.74, 6) is 0.106. The van der Waals surface area contributed by atoms with Crippen molar-refractivity contribution in [2.75, 3.05) is 37.5 Å². The largest absolute Gasteiger partial charge is 0.490 e. The Morgan fingerprint density at radius 1 is 1.28 bits per heavy atom. The van der Waals surface area contributed by atoms with E-state index in [9.17, 15) is 18.3 Å². The van der Waals surface area contributed by atoms with E-state index in [4.69, 9.17) is 21.1 Å². The molecule has 250 valence electrons. The Morgan fingerprint density at radius 3 is 2.83 bits per heavy atom. The third-order valence-electron chi connectivity index (χ3n) is 9.94. The Balaban J connectivity index is 1.44. The van der Waals surface area contributed by atoms with E-state index in [0.29, 0.717) is 25.4 Å². The quantitative estimate of drug-likeness (QED) is 0.244. The van der Waals surface area contributed by atoms with E-state index in [-0.39, 0.29) is 35.0 Å². The first-order valence-corrected chi connectivity index (χ1v) is 18.5. The average Bonchev–Trinajstić information content (AvgIpc) is 3.16. The minimum atomic E-state index is -3.90. The zero-order valence-electron chi connectivity index (χ0n) is 26.9. The van der Waals surface area contributed by atoms with E-state index in [1.807, 2.05) is 12.1 Å². The van der Waals surface area contributed by atoms with Crippen LogP contribution in [0.4, 0.5) is 5.69 Å². The van der Waals surface area contributed by atoms with Gasteiger partial charge in [-0.1, -0.05) is 49.2 Å². The molecule has 2 N–H and O–H groups in total. The number of rotatable bonds is 13. The number of allylic oxidation sites excluding steroid dienone is 1. The number of amides is 1. The number of halogens is 1. The van der Waals surface area contributed by atoms with E-state index >= 15 is 0 Å². The highest BCUT2D eigenvalue weighted by Gasteiger charge is 2.44. The van der Waals surface area contributed by atoms with Gasteiger partial charge >= 0.3 is 0 Å². The van der Waals surface area contributed by atoms with Gasteiger partial charge < -0.3 is 19.5 Å². The summed E-state index contributed by atoms with van der Waals surface area (Å²) in [5.41, 5.74) is 3.19. The molecule has 1 fully saturated rings. The van der Waals surface area contributed by atoms with Crippen LogP contribution in [-0.2, 0) is 26.6 Å². The molecule has 0 radical (unpaired) electrons. The van der Waals surface area contributed by atoms with Gasteiger partial charge in [-0.15, -0.1) is 6.58 Å². The number of sulfonamides is 1. The van der Waals surface area contributed by atoms with Crippen LogP contribution in [0.5, 0.6) is 5.75 Å². The van der Waals surface area contributed by atoms with Crippen molar-refractivity contribution in [3.8, 4) is 5.75 Å². The van der Waals surface area contributed by atoms with Crippen LogP contribution < -0.4 is 14.4 Å². The highest BCUT2D eigenvalue weighted by atomic mass is 35.5. The van der Waals surface area contributed by atoms with Gasteiger partial charge in [0.1, 0.15) is 5.75 Å². The highest BCUT2D eigenvalue weighted by molar-refractivity contribution is 7.90. The number of benzene rings is 2.